The first kappa shape index (κ1) is 17.9. The van der Waals surface area contributed by atoms with Gasteiger partial charge in [-0.15, -0.1) is 10.2 Å². The lowest BCUT2D eigenvalue weighted by atomic mass is 9.88. The van der Waals surface area contributed by atoms with Crippen LogP contribution in [0.25, 0.3) is 11.6 Å². The summed E-state index contributed by atoms with van der Waals surface area (Å²) in [4.78, 5) is 12.8. The van der Waals surface area contributed by atoms with Crippen LogP contribution in [0.5, 0.6) is 0 Å². The quantitative estimate of drug-likeness (QED) is 0.681. The number of nitrogens with one attached hydrogen (secondary N) is 1. The van der Waals surface area contributed by atoms with Gasteiger partial charge in [-0.25, -0.2) is 0 Å². The Morgan fingerprint density at radius 1 is 1.30 bits per heavy atom. The molecular formula is C20H22N4O2S. The molecule has 3 aromatic rings. The van der Waals surface area contributed by atoms with Crippen molar-refractivity contribution in [3.63, 3.8) is 0 Å². The van der Waals surface area contributed by atoms with Gasteiger partial charge in [-0.3, -0.25) is 4.79 Å². The average Bonchev–Trinajstić information content (AvgIpc) is 3.32. The molecule has 7 heteroatoms. The van der Waals surface area contributed by atoms with Gasteiger partial charge in [0.1, 0.15) is 0 Å². The van der Waals surface area contributed by atoms with Crippen molar-refractivity contribution >= 4 is 17.7 Å². The predicted octanol–water partition coefficient (Wildman–Crippen LogP) is 3.75. The van der Waals surface area contributed by atoms with E-state index in [0.717, 1.165) is 19.3 Å². The van der Waals surface area contributed by atoms with Gasteiger partial charge in [0.15, 0.2) is 16.7 Å². The number of amides is 1. The molecule has 0 saturated heterocycles. The number of hydrogen-bond acceptors (Lipinski definition) is 5. The van der Waals surface area contributed by atoms with Crippen molar-refractivity contribution < 1.29 is 9.21 Å². The summed E-state index contributed by atoms with van der Waals surface area (Å²) in [6, 6.07) is 12.1. The highest BCUT2D eigenvalue weighted by Gasteiger charge is 2.25. The fourth-order valence-electron chi connectivity index (χ4n) is 3.44. The van der Waals surface area contributed by atoms with Crippen LogP contribution < -0.4 is 5.32 Å². The van der Waals surface area contributed by atoms with Gasteiger partial charge in [0, 0.05) is 7.05 Å². The van der Waals surface area contributed by atoms with Gasteiger partial charge in [0.2, 0.25) is 5.91 Å². The minimum atomic E-state index is -0.272. The number of benzene rings is 1. The first-order chi connectivity index (χ1) is 13.1. The number of fused-ring (bicyclic) bond motifs is 1. The Morgan fingerprint density at radius 2 is 2.15 bits per heavy atom. The van der Waals surface area contributed by atoms with Crippen LogP contribution in [-0.2, 0) is 18.3 Å². The number of rotatable bonds is 5. The number of carbonyl (C=O) groups is 1. The summed E-state index contributed by atoms with van der Waals surface area (Å²) < 4.78 is 7.24. The number of furan rings is 1. The monoisotopic (exact) mass is 382 g/mol. The molecule has 0 bridgehead atoms. The number of aryl methyl sites for hydroxylation is 1. The highest BCUT2D eigenvalue weighted by molar-refractivity contribution is 8.00. The Kier molecular flexibility index (Phi) is 5.03. The van der Waals surface area contributed by atoms with Gasteiger partial charge < -0.3 is 14.3 Å². The van der Waals surface area contributed by atoms with Crippen LogP contribution in [0.15, 0.2) is 52.2 Å². The number of nitrogens with zero attached hydrogens (tertiary/aromatic N) is 3. The van der Waals surface area contributed by atoms with E-state index in [1.807, 2.05) is 36.7 Å². The first-order valence-electron chi connectivity index (χ1n) is 9.11. The molecule has 1 aliphatic carbocycles. The molecule has 0 radical (unpaired) electrons. The van der Waals surface area contributed by atoms with Gasteiger partial charge in [-0.05, 0) is 49.4 Å². The zero-order chi connectivity index (χ0) is 18.8. The van der Waals surface area contributed by atoms with Crippen molar-refractivity contribution in [1.82, 2.24) is 20.1 Å². The highest BCUT2D eigenvalue weighted by atomic mass is 32.2. The summed E-state index contributed by atoms with van der Waals surface area (Å²) in [6.07, 6.45) is 4.77. The molecule has 0 aliphatic heterocycles. The van der Waals surface area contributed by atoms with Crippen LogP contribution >= 0.6 is 11.8 Å². The molecule has 6 nitrogen and oxygen atoms in total. The maximum atomic E-state index is 12.8. The fraction of sp³-hybridized carbons (Fsp3) is 0.350. The van der Waals surface area contributed by atoms with Crippen molar-refractivity contribution in [2.45, 2.75) is 42.6 Å². The number of thioether (sulfide) groups is 1. The third-order valence-electron chi connectivity index (χ3n) is 4.91. The van der Waals surface area contributed by atoms with Gasteiger partial charge in [0.25, 0.3) is 0 Å². The molecule has 0 spiro atoms. The van der Waals surface area contributed by atoms with Gasteiger partial charge >= 0.3 is 0 Å². The molecule has 0 saturated carbocycles. The minimum absolute atomic E-state index is 0.0178. The standard InChI is InChI=1S/C20H22N4O2S/c1-13(27-20-23-22-18(24(20)2)17-11-6-12-26-17)19(25)21-16-10-5-8-14-7-3-4-9-15(14)16/h3-4,6-7,9,11-13,16H,5,8,10H2,1-2H3,(H,21,25)/t13-,16-/m1/s1. The Labute approximate surface area is 162 Å². The molecule has 27 heavy (non-hydrogen) atoms. The predicted molar refractivity (Wildman–Crippen MR) is 104 cm³/mol. The summed E-state index contributed by atoms with van der Waals surface area (Å²) in [7, 11) is 1.88. The van der Waals surface area contributed by atoms with E-state index < -0.39 is 0 Å². The molecule has 0 fully saturated rings. The molecule has 140 valence electrons. The molecule has 2 atom stereocenters. The summed E-state index contributed by atoms with van der Waals surface area (Å²) in [5, 5.41) is 12.0. The van der Waals surface area contributed by atoms with Crippen molar-refractivity contribution in [2.24, 2.45) is 7.05 Å². The lowest BCUT2D eigenvalue weighted by Gasteiger charge is -2.27. The number of carbonyl (C=O) groups excluding carboxylic acids is 1. The molecule has 1 amide bonds. The van der Waals surface area contributed by atoms with Crippen LogP contribution in [0.1, 0.15) is 36.9 Å². The highest BCUT2D eigenvalue weighted by Crippen LogP contribution is 2.31. The Bertz CT molecular complexity index is 935. The van der Waals surface area contributed by atoms with E-state index in [4.69, 9.17) is 4.42 Å². The minimum Gasteiger partial charge on any atom is -0.461 e. The van der Waals surface area contributed by atoms with E-state index in [9.17, 15) is 4.79 Å². The van der Waals surface area contributed by atoms with E-state index >= 15 is 0 Å². The lowest BCUT2D eigenvalue weighted by Crippen LogP contribution is -2.36. The second-order valence-corrected chi connectivity index (χ2v) is 8.06. The number of hydrogen-bond donors (Lipinski definition) is 1. The van der Waals surface area contributed by atoms with E-state index in [2.05, 4.69) is 33.7 Å². The molecule has 2 heterocycles. The zero-order valence-electron chi connectivity index (χ0n) is 15.4. The van der Waals surface area contributed by atoms with Gasteiger partial charge in [0.05, 0.1) is 17.6 Å². The van der Waals surface area contributed by atoms with Crippen LogP contribution in [-0.4, -0.2) is 25.9 Å². The molecule has 0 unspecified atom stereocenters. The van der Waals surface area contributed by atoms with E-state index in [1.165, 1.54) is 22.9 Å². The van der Waals surface area contributed by atoms with Crippen molar-refractivity contribution in [2.75, 3.05) is 0 Å². The summed E-state index contributed by atoms with van der Waals surface area (Å²) in [5.41, 5.74) is 2.58. The first-order valence-corrected chi connectivity index (χ1v) is 9.99. The van der Waals surface area contributed by atoms with Crippen LogP contribution in [0, 0.1) is 0 Å². The smallest absolute Gasteiger partial charge is 0.233 e. The Balaban J connectivity index is 1.44. The Morgan fingerprint density at radius 3 is 2.96 bits per heavy atom. The molecule has 2 aromatic heterocycles. The van der Waals surface area contributed by atoms with Gasteiger partial charge in [-0.2, -0.15) is 0 Å². The second-order valence-electron chi connectivity index (χ2n) is 6.75. The SMILES string of the molecule is C[C@@H](Sc1nnc(-c2ccco2)n1C)C(=O)N[C@@H]1CCCc2ccccc21. The maximum absolute atomic E-state index is 12.8. The lowest BCUT2D eigenvalue weighted by molar-refractivity contribution is -0.121. The van der Waals surface area contributed by atoms with Gasteiger partial charge in [-0.1, -0.05) is 36.0 Å². The van der Waals surface area contributed by atoms with Crippen molar-refractivity contribution in [3.8, 4) is 11.6 Å². The third-order valence-corrected chi connectivity index (χ3v) is 6.05. The molecule has 1 aromatic carbocycles. The molecular weight excluding hydrogens is 360 g/mol. The van der Waals surface area contributed by atoms with E-state index in [0.29, 0.717) is 16.7 Å². The molecule has 1 aliphatic rings. The summed E-state index contributed by atoms with van der Waals surface area (Å²) >= 11 is 1.40. The average molecular weight is 382 g/mol. The summed E-state index contributed by atoms with van der Waals surface area (Å²) in [5.74, 6) is 1.33. The number of aromatic nitrogens is 3. The molecule has 4 rings (SSSR count). The van der Waals surface area contributed by atoms with E-state index in [-0.39, 0.29) is 17.2 Å². The molecule has 1 N–H and O–H groups in total. The van der Waals surface area contributed by atoms with Crippen LogP contribution in [0.2, 0.25) is 0 Å². The normalized spacial score (nSPS) is 17.3. The van der Waals surface area contributed by atoms with Crippen LogP contribution in [0.3, 0.4) is 0 Å². The Hall–Kier alpha value is -2.54. The largest absolute Gasteiger partial charge is 0.461 e. The second kappa shape index (κ2) is 7.60. The fourth-order valence-corrected chi connectivity index (χ4v) is 4.27. The maximum Gasteiger partial charge on any atom is 0.233 e. The van der Waals surface area contributed by atoms with Crippen LogP contribution in [0.4, 0.5) is 0 Å². The van der Waals surface area contributed by atoms with Crippen molar-refractivity contribution in [1.29, 1.82) is 0 Å². The topological polar surface area (TPSA) is 73.0 Å². The third kappa shape index (κ3) is 3.64. The summed E-state index contributed by atoms with van der Waals surface area (Å²) in [6.45, 7) is 1.90. The zero-order valence-corrected chi connectivity index (χ0v) is 16.2. The van der Waals surface area contributed by atoms with Crippen molar-refractivity contribution in [3.05, 3.63) is 53.8 Å². The van der Waals surface area contributed by atoms with E-state index in [1.54, 1.807) is 6.26 Å².